The lowest BCUT2D eigenvalue weighted by Gasteiger charge is -2.17. The number of nitrogens with zero attached hydrogens (tertiary/aromatic N) is 5. The van der Waals surface area contributed by atoms with Crippen LogP contribution < -0.4 is 24.7 Å². The molecule has 0 unspecified atom stereocenters. The molecule has 10 heteroatoms. The third-order valence-corrected chi connectivity index (χ3v) is 6.39. The number of benzene rings is 3. The Labute approximate surface area is 222 Å². The number of rotatable bonds is 12. The first kappa shape index (κ1) is 26.7. The standard InChI is InChI=1S/C28H34N6O4/c1-33(15-13-20-8-11-24(35-2)25(16-20)36-3)14-12-19-6-9-21(10-7-19)34-31-28(30-32-34)22-17-26(37-4)27(38-5)18-23(22)29/h6-11,16-18H,12-15,29H2,1-5H3. The lowest BCUT2D eigenvalue weighted by atomic mass is 10.1. The highest BCUT2D eigenvalue weighted by atomic mass is 16.5. The van der Waals surface area contributed by atoms with Crippen LogP contribution in [0, 0.1) is 0 Å². The van der Waals surface area contributed by atoms with E-state index >= 15 is 0 Å². The number of ether oxygens (including phenoxy) is 4. The smallest absolute Gasteiger partial charge is 0.207 e. The van der Waals surface area contributed by atoms with Gasteiger partial charge in [0.1, 0.15) is 0 Å². The Hall–Kier alpha value is -4.31. The Bertz CT molecular complexity index is 1360. The molecular formula is C28H34N6O4. The molecule has 0 aliphatic carbocycles. The summed E-state index contributed by atoms with van der Waals surface area (Å²) in [5.41, 5.74) is 10.6. The van der Waals surface area contributed by atoms with Gasteiger partial charge in [-0.05, 0) is 66.6 Å². The third-order valence-electron chi connectivity index (χ3n) is 6.39. The Morgan fingerprint density at radius 2 is 1.32 bits per heavy atom. The predicted octanol–water partition coefficient (Wildman–Crippen LogP) is 3.66. The lowest BCUT2D eigenvalue weighted by Crippen LogP contribution is -2.23. The monoisotopic (exact) mass is 518 g/mol. The largest absolute Gasteiger partial charge is 0.493 e. The lowest BCUT2D eigenvalue weighted by molar-refractivity contribution is 0.340. The molecule has 38 heavy (non-hydrogen) atoms. The minimum absolute atomic E-state index is 0.406. The number of tetrazole rings is 1. The van der Waals surface area contributed by atoms with Crippen molar-refractivity contribution in [1.82, 2.24) is 25.1 Å². The van der Waals surface area contributed by atoms with Gasteiger partial charge in [-0.1, -0.05) is 18.2 Å². The molecule has 200 valence electrons. The number of aromatic nitrogens is 4. The van der Waals surface area contributed by atoms with Crippen LogP contribution in [0.25, 0.3) is 17.1 Å². The second-order valence-corrected chi connectivity index (χ2v) is 8.86. The normalized spacial score (nSPS) is 11.0. The highest BCUT2D eigenvalue weighted by molar-refractivity contribution is 5.75. The number of likely N-dealkylation sites (N-methyl/N-ethyl adjacent to an activating group) is 1. The van der Waals surface area contributed by atoms with Gasteiger partial charge in [0.05, 0.1) is 34.1 Å². The van der Waals surface area contributed by atoms with Crippen molar-refractivity contribution in [3.05, 3.63) is 65.7 Å². The maximum atomic E-state index is 6.19. The summed E-state index contributed by atoms with van der Waals surface area (Å²) in [4.78, 5) is 3.81. The van der Waals surface area contributed by atoms with E-state index in [2.05, 4.69) is 45.6 Å². The van der Waals surface area contributed by atoms with E-state index in [0.29, 0.717) is 28.6 Å². The van der Waals surface area contributed by atoms with E-state index in [1.165, 1.54) is 15.9 Å². The third kappa shape index (κ3) is 6.15. The molecule has 1 heterocycles. The second kappa shape index (κ2) is 12.3. The summed E-state index contributed by atoms with van der Waals surface area (Å²) in [6.07, 6.45) is 1.86. The molecular weight excluding hydrogens is 484 g/mol. The zero-order chi connectivity index (χ0) is 27.1. The molecule has 0 saturated carbocycles. The Morgan fingerprint density at radius 1 is 0.737 bits per heavy atom. The van der Waals surface area contributed by atoms with Crippen LogP contribution >= 0.6 is 0 Å². The average molecular weight is 519 g/mol. The maximum absolute atomic E-state index is 6.19. The van der Waals surface area contributed by atoms with E-state index in [4.69, 9.17) is 24.7 Å². The van der Waals surface area contributed by atoms with Crippen LogP contribution in [0.2, 0.25) is 0 Å². The van der Waals surface area contributed by atoms with Gasteiger partial charge in [-0.25, -0.2) is 0 Å². The summed E-state index contributed by atoms with van der Waals surface area (Å²) in [5.74, 6) is 3.00. The minimum atomic E-state index is 0.406. The van der Waals surface area contributed by atoms with Crippen molar-refractivity contribution in [3.63, 3.8) is 0 Å². The number of hydrogen-bond acceptors (Lipinski definition) is 9. The molecule has 4 aromatic rings. The summed E-state index contributed by atoms with van der Waals surface area (Å²) in [6, 6.07) is 17.7. The summed E-state index contributed by atoms with van der Waals surface area (Å²) < 4.78 is 21.4. The van der Waals surface area contributed by atoms with Gasteiger partial charge in [0.15, 0.2) is 23.0 Å². The van der Waals surface area contributed by atoms with Crippen molar-refractivity contribution in [2.75, 3.05) is 54.3 Å². The first-order valence-corrected chi connectivity index (χ1v) is 12.3. The molecule has 10 nitrogen and oxygen atoms in total. The first-order chi connectivity index (χ1) is 18.4. The highest BCUT2D eigenvalue weighted by Crippen LogP contribution is 2.36. The van der Waals surface area contributed by atoms with E-state index in [-0.39, 0.29) is 0 Å². The maximum Gasteiger partial charge on any atom is 0.207 e. The van der Waals surface area contributed by atoms with Crippen LogP contribution in [0.3, 0.4) is 0 Å². The van der Waals surface area contributed by atoms with Crippen molar-refractivity contribution in [2.45, 2.75) is 12.8 Å². The number of nitrogen functional groups attached to an aromatic ring is 1. The van der Waals surface area contributed by atoms with E-state index < -0.39 is 0 Å². The highest BCUT2D eigenvalue weighted by Gasteiger charge is 2.15. The fraction of sp³-hybridized carbons (Fsp3) is 0.321. The molecule has 0 aliphatic heterocycles. The Morgan fingerprint density at radius 3 is 1.97 bits per heavy atom. The molecule has 0 bridgehead atoms. The van der Waals surface area contributed by atoms with Crippen molar-refractivity contribution >= 4 is 5.69 Å². The second-order valence-electron chi connectivity index (χ2n) is 8.86. The zero-order valence-electron chi connectivity index (χ0n) is 22.5. The number of anilines is 1. The molecule has 0 aliphatic rings. The number of nitrogens with two attached hydrogens (primary N) is 1. The van der Waals surface area contributed by atoms with E-state index in [0.717, 1.165) is 43.1 Å². The van der Waals surface area contributed by atoms with Crippen LogP contribution in [0.4, 0.5) is 5.69 Å². The van der Waals surface area contributed by atoms with Gasteiger partial charge < -0.3 is 29.6 Å². The summed E-state index contributed by atoms with van der Waals surface area (Å²) in [5, 5.41) is 12.9. The van der Waals surface area contributed by atoms with Gasteiger partial charge in [0.25, 0.3) is 0 Å². The van der Waals surface area contributed by atoms with E-state index in [1.54, 1.807) is 40.6 Å². The van der Waals surface area contributed by atoms with E-state index in [9.17, 15) is 0 Å². The Kier molecular flexibility index (Phi) is 8.65. The topological polar surface area (TPSA) is 110 Å². The molecule has 0 amide bonds. The van der Waals surface area contributed by atoms with E-state index in [1.807, 2.05) is 24.3 Å². The minimum Gasteiger partial charge on any atom is -0.493 e. The molecule has 0 spiro atoms. The zero-order valence-corrected chi connectivity index (χ0v) is 22.5. The van der Waals surface area contributed by atoms with Gasteiger partial charge in [0.2, 0.25) is 5.82 Å². The fourth-order valence-corrected chi connectivity index (χ4v) is 4.10. The molecule has 0 radical (unpaired) electrons. The van der Waals surface area contributed by atoms with Gasteiger partial charge in [0, 0.05) is 30.4 Å². The average Bonchev–Trinajstić information content (AvgIpc) is 3.44. The molecule has 1 aromatic heterocycles. The molecule has 2 N–H and O–H groups in total. The van der Waals surface area contributed by atoms with Crippen molar-refractivity contribution in [1.29, 1.82) is 0 Å². The fourth-order valence-electron chi connectivity index (χ4n) is 4.10. The van der Waals surface area contributed by atoms with Crippen LogP contribution in [-0.4, -0.2) is 73.7 Å². The Balaban J connectivity index is 1.34. The molecule has 0 fully saturated rings. The van der Waals surface area contributed by atoms with Crippen molar-refractivity contribution in [3.8, 4) is 40.1 Å². The molecule has 3 aromatic carbocycles. The van der Waals surface area contributed by atoms with Crippen LogP contribution in [0.5, 0.6) is 23.0 Å². The van der Waals surface area contributed by atoms with Gasteiger partial charge >= 0.3 is 0 Å². The first-order valence-electron chi connectivity index (χ1n) is 12.3. The van der Waals surface area contributed by atoms with Crippen LogP contribution in [0.1, 0.15) is 11.1 Å². The number of methoxy groups -OCH3 is 4. The SMILES string of the molecule is COc1ccc(CCN(C)CCc2ccc(-n3nnc(-c4cc(OC)c(OC)cc4N)n3)cc2)cc1OC. The van der Waals surface area contributed by atoms with Gasteiger partial charge in [-0.2, -0.15) is 0 Å². The quantitative estimate of drug-likeness (QED) is 0.281. The van der Waals surface area contributed by atoms with Gasteiger partial charge in [-0.15, -0.1) is 15.0 Å². The van der Waals surface area contributed by atoms with Crippen molar-refractivity contribution in [2.24, 2.45) is 0 Å². The van der Waals surface area contributed by atoms with Crippen LogP contribution in [0.15, 0.2) is 54.6 Å². The van der Waals surface area contributed by atoms with Crippen LogP contribution in [-0.2, 0) is 12.8 Å². The molecule has 4 rings (SSSR count). The number of hydrogen-bond donors (Lipinski definition) is 1. The van der Waals surface area contributed by atoms with Gasteiger partial charge in [-0.3, -0.25) is 0 Å². The molecule has 0 atom stereocenters. The molecule has 0 saturated heterocycles. The van der Waals surface area contributed by atoms with Crippen molar-refractivity contribution < 1.29 is 18.9 Å². The predicted molar refractivity (Wildman–Crippen MR) is 147 cm³/mol. The summed E-state index contributed by atoms with van der Waals surface area (Å²) in [6.45, 7) is 1.88. The summed E-state index contributed by atoms with van der Waals surface area (Å²) >= 11 is 0. The summed E-state index contributed by atoms with van der Waals surface area (Å²) in [7, 11) is 8.57.